The van der Waals surface area contributed by atoms with Crippen LogP contribution in [0.25, 0.3) is 0 Å². The largest absolute Gasteiger partial charge is 0.327 e. The number of hydrogen-bond acceptors (Lipinski definition) is 3. The van der Waals surface area contributed by atoms with E-state index in [-0.39, 0.29) is 40.3 Å². The van der Waals surface area contributed by atoms with Crippen LogP contribution in [0.3, 0.4) is 0 Å². The lowest BCUT2D eigenvalue weighted by molar-refractivity contribution is 0.155. The normalized spacial score (nSPS) is 22.6. The second-order valence-corrected chi connectivity index (χ2v) is 8.14. The molecule has 0 amide bonds. The van der Waals surface area contributed by atoms with Crippen molar-refractivity contribution in [3.8, 4) is 0 Å². The summed E-state index contributed by atoms with van der Waals surface area (Å²) in [5.74, 6) is -0.790. The van der Waals surface area contributed by atoms with Crippen LogP contribution in [0.2, 0.25) is 5.02 Å². The van der Waals surface area contributed by atoms with Gasteiger partial charge in [-0.05, 0) is 30.0 Å². The molecule has 1 fully saturated rings. The predicted octanol–water partition coefficient (Wildman–Crippen LogP) is 2.65. The molecule has 1 atom stereocenters. The van der Waals surface area contributed by atoms with Crippen molar-refractivity contribution in [1.29, 1.82) is 0 Å². The molecule has 4 nitrogen and oxygen atoms in total. The van der Waals surface area contributed by atoms with E-state index < -0.39 is 15.8 Å². The minimum atomic E-state index is -3.89. The Hall–Kier alpha value is -0.400. The first kappa shape index (κ1) is 18.6. The van der Waals surface area contributed by atoms with Gasteiger partial charge in [0.05, 0.1) is 0 Å². The fraction of sp³-hybridized carbons (Fsp3) is 0.538. The average molecular weight is 357 g/mol. The first-order valence-corrected chi connectivity index (χ1v) is 8.17. The summed E-state index contributed by atoms with van der Waals surface area (Å²) in [5.41, 5.74) is 5.65. The summed E-state index contributed by atoms with van der Waals surface area (Å²) >= 11 is 5.77. The summed E-state index contributed by atoms with van der Waals surface area (Å²) in [7, 11) is -3.89. The molecule has 0 aliphatic carbocycles. The number of hydrogen-bond donors (Lipinski definition) is 1. The van der Waals surface area contributed by atoms with Crippen molar-refractivity contribution in [2.75, 3.05) is 13.1 Å². The van der Waals surface area contributed by atoms with E-state index in [1.807, 2.05) is 13.8 Å². The van der Waals surface area contributed by atoms with E-state index in [0.29, 0.717) is 13.0 Å². The quantitative estimate of drug-likeness (QED) is 0.885. The van der Waals surface area contributed by atoms with Crippen LogP contribution in [0.15, 0.2) is 23.1 Å². The number of rotatable bonds is 2. The molecular formula is C13H19Cl2FN2O2S. The summed E-state index contributed by atoms with van der Waals surface area (Å²) in [6.45, 7) is 4.38. The van der Waals surface area contributed by atoms with Crippen LogP contribution < -0.4 is 5.73 Å². The molecule has 0 spiro atoms. The molecule has 21 heavy (non-hydrogen) atoms. The van der Waals surface area contributed by atoms with Crippen LogP contribution in [0.1, 0.15) is 20.3 Å². The summed E-state index contributed by atoms with van der Waals surface area (Å²) in [6, 6.07) is 3.47. The van der Waals surface area contributed by atoms with Crippen LogP contribution in [-0.4, -0.2) is 31.9 Å². The van der Waals surface area contributed by atoms with E-state index in [1.54, 1.807) is 0 Å². The van der Waals surface area contributed by atoms with Crippen molar-refractivity contribution in [2.24, 2.45) is 11.1 Å². The maximum atomic E-state index is 13.8. The second-order valence-electron chi connectivity index (χ2n) is 5.80. The smallest absolute Gasteiger partial charge is 0.246 e. The van der Waals surface area contributed by atoms with Gasteiger partial charge in [0.1, 0.15) is 10.7 Å². The highest BCUT2D eigenvalue weighted by molar-refractivity contribution is 7.89. The number of nitrogens with two attached hydrogens (primary N) is 1. The predicted molar refractivity (Wildman–Crippen MR) is 83.8 cm³/mol. The molecular weight excluding hydrogens is 338 g/mol. The highest BCUT2D eigenvalue weighted by Crippen LogP contribution is 2.32. The topological polar surface area (TPSA) is 63.4 Å². The van der Waals surface area contributed by atoms with Crippen molar-refractivity contribution in [3.63, 3.8) is 0 Å². The molecule has 1 saturated heterocycles. The molecule has 0 aromatic heterocycles. The lowest BCUT2D eigenvalue weighted by atomic mass is 9.81. The maximum Gasteiger partial charge on any atom is 0.246 e. The molecule has 1 unspecified atom stereocenters. The van der Waals surface area contributed by atoms with Gasteiger partial charge in [0.2, 0.25) is 10.0 Å². The molecule has 2 rings (SSSR count). The van der Waals surface area contributed by atoms with E-state index in [2.05, 4.69) is 0 Å². The van der Waals surface area contributed by atoms with Gasteiger partial charge < -0.3 is 5.73 Å². The number of nitrogens with zero attached hydrogens (tertiary/aromatic N) is 1. The Morgan fingerprint density at radius 3 is 2.62 bits per heavy atom. The molecule has 1 aromatic rings. The molecule has 8 heteroatoms. The summed E-state index contributed by atoms with van der Waals surface area (Å²) in [6.07, 6.45) is 0.550. The third-order valence-electron chi connectivity index (χ3n) is 3.79. The molecule has 1 aromatic carbocycles. The highest BCUT2D eigenvalue weighted by atomic mass is 35.5. The van der Waals surface area contributed by atoms with Crippen molar-refractivity contribution in [2.45, 2.75) is 31.2 Å². The molecule has 0 radical (unpaired) electrons. The maximum absolute atomic E-state index is 13.8. The standard InChI is InChI=1S/C13H18ClFN2O2S.ClH/c1-13(2)8-17(6-5-12(13)16)20(18,19)11-7-9(14)3-4-10(11)15;/h3-4,7,12H,5-6,8,16H2,1-2H3;1H. The van der Waals surface area contributed by atoms with E-state index in [4.69, 9.17) is 17.3 Å². The summed E-state index contributed by atoms with van der Waals surface area (Å²) in [5, 5.41) is 0.193. The number of halogens is 3. The zero-order chi connectivity index (χ0) is 15.1. The zero-order valence-corrected chi connectivity index (χ0v) is 14.2. The Morgan fingerprint density at radius 1 is 1.43 bits per heavy atom. The van der Waals surface area contributed by atoms with Crippen LogP contribution in [0.5, 0.6) is 0 Å². The first-order chi connectivity index (χ1) is 9.14. The lowest BCUT2D eigenvalue weighted by Gasteiger charge is -2.41. The molecule has 0 bridgehead atoms. The van der Waals surface area contributed by atoms with Gasteiger partial charge >= 0.3 is 0 Å². The third-order valence-corrected chi connectivity index (χ3v) is 5.88. The lowest BCUT2D eigenvalue weighted by Crippen LogP contribution is -2.53. The van der Waals surface area contributed by atoms with Gasteiger partial charge in [-0.1, -0.05) is 25.4 Å². The van der Waals surface area contributed by atoms with Gasteiger partial charge in [-0.25, -0.2) is 12.8 Å². The second kappa shape index (κ2) is 6.38. The van der Waals surface area contributed by atoms with Gasteiger partial charge in [0.25, 0.3) is 0 Å². The number of sulfonamides is 1. The van der Waals surface area contributed by atoms with Crippen LogP contribution in [-0.2, 0) is 10.0 Å². The van der Waals surface area contributed by atoms with Crippen molar-refractivity contribution in [3.05, 3.63) is 29.0 Å². The average Bonchev–Trinajstić information content (AvgIpc) is 2.35. The van der Waals surface area contributed by atoms with Crippen LogP contribution in [0, 0.1) is 11.2 Å². The Morgan fingerprint density at radius 2 is 2.05 bits per heavy atom. The van der Waals surface area contributed by atoms with Gasteiger partial charge in [0.15, 0.2) is 0 Å². The van der Waals surface area contributed by atoms with Gasteiger partial charge in [-0.2, -0.15) is 4.31 Å². The van der Waals surface area contributed by atoms with Gasteiger partial charge in [-0.3, -0.25) is 0 Å². The summed E-state index contributed by atoms with van der Waals surface area (Å²) in [4.78, 5) is -0.378. The zero-order valence-electron chi connectivity index (χ0n) is 11.8. The summed E-state index contributed by atoms with van der Waals surface area (Å²) < 4.78 is 40.2. The monoisotopic (exact) mass is 356 g/mol. The first-order valence-electron chi connectivity index (χ1n) is 6.35. The SMILES string of the molecule is CC1(C)CN(S(=O)(=O)c2cc(Cl)ccc2F)CCC1N.Cl. The molecule has 1 aliphatic heterocycles. The minimum absolute atomic E-state index is 0. The van der Waals surface area contributed by atoms with Crippen LogP contribution in [0.4, 0.5) is 4.39 Å². The molecule has 120 valence electrons. The number of benzene rings is 1. The Bertz CT molecular complexity index is 623. The fourth-order valence-electron chi connectivity index (χ4n) is 2.34. The van der Waals surface area contributed by atoms with E-state index in [0.717, 1.165) is 12.1 Å². The molecule has 1 aliphatic rings. The van der Waals surface area contributed by atoms with Crippen molar-refractivity contribution >= 4 is 34.0 Å². The fourth-order valence-corrected chi connectivity index (χ4v) is 4.30. The Kier molecular flexibility index (Phi) is 5.67. The highest BCUT2D eigenvalue weighted by Gasteiger charge is 2.39. The Balaban J connectivity index is 0.00000220. The third kappa shape index (κ3) is 3.68. The van der Waals surface area contributed by atoms with Crippen molar-refractivity contribution < 1.29 is 12.8 Å². The molecule has 0 saturated carbocycles. The van der Waals surface area contributed by atoms with Gasteiger partial charge in [-0.15, -0.1) is 12.4 Å². The van der Waals surface area contributed by atoms with Crippen LogP contribution >= 0.6 is 24.0 Å². The number of piperidine rings is 1. The van der Waals surface area contributed by atoms with E-state index in [1.165, 1.54) is 10.4 Å². The van der Waals surface area contributed by atoms with E-state index in [9.17, 15) is 12.8 Å². The van der Waals surface area contributed by atoms with Gasteiger partial charge in [0, 0.05) is 24.2 Å². The molecule has 1 heterocycles. The van der Waals surface area contributed by atoms with Crippen molar-refractivity contribution in [1.82, 2.24) is 4.31 Å². The molecule has 2 N–H and O–H groups in total. The minimum Gasteiger partial charge on any atom is -0.327 e. The Labute approximate surface area is 135 Å². The van der Waals surface area contributed by atoms with E-state index >= 15 is 0 Å².